The summed E-state index contributed by atoms with van der Waals surface area (Å²) in [6, 6.07) is 3.75. The third-order valence-corrected chi connectivity index (χ3v) is 1.60. The molecule has 12 heavy (non-hydrogen) atoms. The summed E-state index contributed by atoms with van der Waals surface area (Å²) in [4.78, 5) is 4.39. The van der Waals surface area contributed by atoms with Gasteiger partial charge in [0, 0.05) is 12.7 Å². The Labute approximate surface area is 77.0 Å². The van der Waals surface area contributed by atoms with Crippen LogP contribution in [0.4, 0.5) is 5.69 Å². The topological polar surface area (TPSA) is 50.9 Å². The summed E-state index contributed by atoms with van der Waals surface area (Å²) in [6.07, 6.45) is 1.68. The molecule has 0 amide bonds. The average Bonchev–Trinajstić information content (AvgIpc) is 2.05. The van der Waals surface area contributed by atoms with Crippen LogP contribution >= 0.6 is 12.2 Å². The van der Waals surface area contributed by atoms with Crippen molar-refractivity contribution < 1.29 is 0 Å². The van der Waals surface area contributed by atoms with Crippen LogP contribution in [0.25, 0.3) is 0 Å². The summed E-state index contributed by atoms with van der Waals surface area (Å²) in [7, 11) is 0. The van der Waals surface area contributed by atoms with Crippen LogP contribution in [0.3, 0.4) is 0 Å². The second kappa shape index (κ2) is 4.01. The number of pyridine rings is 1. The largest absolute Gasteiger partial charge is 0.388 e. The molecule has 0 aliphatic rings. The molecule has 0 saturated carbocycles. The van der Waals surface area contributed by atoms with Gasteiger partial charge in [-0.1, -0.05) is 12.2 Å². The van der Waals surface area contributed by atoms with Gasteiger partial charge in [0.05, 0.1) is 5.69 Å². The van der Waals surface area contributed by atoms with Crippen LogP contribution in [0.1, 0.15) is 12.6 Å². The molecule has 0 aliphatic carbocycles. The molecule has 3 nitrogen and oxygen atoms in total. The number of nitrogens with one attached hydrogen (secondary N) is 1. The molecule has 64 valence electrons. The molecule has 3 N–H and O–H groups in total. The number of aromatic nitrogens is 1. The number of anilines is 1. The van der Waals surface area contributed by atoms with Crippen LogP contribution in [0.5, 0.6) is 0 Å². The van der Waals surface area contributed by atoms with Crippen molar-refractivity contribution in [3.05, 3.63) is 24.0 Å². The van der Waals surface area contributed by atoms with Gasteiger partial charge in [-0.2, -0.15) is 0 Å². The first-order valence-electron chi connectivity index (χ1n) is 3.74. The fourth-order valence-electron chi connectivity index (χ4n) is 0.935. The normalized spacial score (nSPS) is 9.42. The van der Waals surface area contributed by atoms with Gasteiger partial charge in [-0.3, -0.25) is 4.98 Å². The standard InChI is InChI=1S/C8H11N3S/c1-2-10-6-4-3-5-11-7(6)8(9)12/h3-5,10H,2H2,1H3,(H2,9,12). The van der Waals surface area contributed by atoms with Gasteiger partial charge >= 0.3 is 0 Å². The van der Waals surface area contributed by atoms with E-state index in [0.29, 0.717) is 10.7 Å². The third-order valence-electron chi connectivity index (χ3n) is 1.41. The minimum atomic E-state index is 0.326. The van der Waals surface area contributed by atoms with E-state index in [1.165, 1.54) is 0 Å². The third kappa shape index (κ3) is 1.92. The molecule has 0 aliphatic heterocycles. The van der Waals surface area contributed by atoms with Gasteiger partial charge in [-0.25, -0.2) is 0 Å². The monoisotopic (exact) mass is 181 g/mol. The van der Waals surface area contributed by atoms with E-state index in [1.54, 1.807) is 6.20 Å². The molecule has 0 bridgehead atoms. The van der Waals surface area contributed by atoms with Crippen LogP contribution in [0.15, 0.2) is 18.3 Å². The van der Waals surface area contributed by atoms with E-state index >= 15 is 0 Å². The maximum absolute atomic E-state index is 5.47. The molecule has 1 rings (SSSR count). The summed E-state index contributed by atoms with van der Waals surface area (Å²) in [5.74, 6) is 0. The van der Waals surface area contributed by atoms with Crippen molar-refractivity contribution in [3.8, 4) is 0 Å². The smallest absolute Gasteiger partial charge is 0.124 e. The van der Waals surface area contributed by atoms with E-state index in [2.05, 4.69) is 10.3 Å². The highest BCUT2D eigenvalue weighted by molar-refractivity contribution is 7.80. The minimum Gasteiger partial charge on any atom is -0.388 e. The molecule has 0 spiro atoms. The highest BCUT2D eigenvalue weighted by Crippen LogP contribution is 2.10. The SMILES string of the molecule is CCNc1cccnc1C(N)=S. The number of hydrogen-bond donors (Lipinski definition) is 2. The quantitative estimate of drug-likeness (QED) is 0.687. The van der Waals surface area contributed by atoms with Crippen LogP contribution in [-0.2, 0) is 0 Å². The predicted octanol–water partition coefficient (Wildman–Crippen LogP) is 1.15. The van der Waals surface area contributed by atoms with Crippen molar-refractivity contribution in [2.45, 2.75) is 6.92 Å². The van der Waals surface area contributed by atoms with Crippen LogP contribution in [-0.4, -0.2) is 16.5 Å². The molecule has 1 heterocycles. The second-order valence-corrected chi connectivity index (χ2v) is 2.73. The van der Waals surface area contributed by atoms with Gasteiger partial charge in [0.25, 0.3) is 0 Å². The Balaban J connectivity index is 3.00. The Bertz CT molecular complexity index is 285. The fraction of sp³-hybridized carbons (Fsp3) is 0.250. The zero-order valence-electron chi connectivity index (χ0n) is 6.87. The Morgan fingerprint density at radius 3 is 3.08 bits per heavy atom. The molecule has 4 heteroatoms. The van der Waals surface area contributed by atoms with E-state index < -0.39 is 0 Å². The first kappa shape index (κ1) is 8.93. The number of hydrogen-bond acceptors (Lipinski definition) is 3. The molecular formula is C8H11N3S. The maximum Gasteiger partial charge on any atom is 0.124 e. The molecule has 0 radical (unpaired) electrons. The highest BCUT2D eigenvalue weighted by atomic mass is 32.1. The lowest BCUT2D eigenvalue weighted by Gasteiger charge is -2.06. The molecule has 0 aromatic carbocycles. The highest BCUT2D eigenvalue weighted by Gasteiger charge is 2.03. The van der Waals surface area contributed by atoms with E-state index in [-0.39, 0.29) is 0 Å². The summed E-state index contributed by atoms with van der Waals surface area (Å²) >= 11 is 4.84. The average molecular weight is 181 g/mol. The van der Waals surface area contributed by atoms with E-state index in [1.807, 2.05) is 19.1 Å². The van der Waals surface area contributed by atoms with Crippen molar-refractivity contribution >= 4 is 22.9 Å². The molecule has 0 fully saturated rings. The number of thiocarbonyl (C=S) groups is 1. The molecule has 1 aromatic heterocycles. The van der Waals surface area contributed by atoms with Gasteiger partial charge in [0.15, 0.2) is 0 Å². The summed E-state index contributed by atoms with van der Waals surface area (Å²) < 4.78 is 0. The summed E-state index contributed by atoms with van der Waals surface area (Å²) in [5.41, 5.74) is 7.03. The second-order valence-electron chi connectivity index (χ2n) is 2.29. The Morgan fingerprint density at radius 2 is 2.50 bits per heavy atom. The van der Waals surface area contributed by atoms with Crippen LogP contribution in [0, 0.1) is 0 Å². The molecule has 0 atom stereocenters. The molecule has 1 aromatic rings. The number of nitrogens with two attached hydrogens (primary N) is 1. The Morgan fingerprint density at radius 1 is 1.75 bits per heavy atom. The van der Waals surface area contributed by atoms with Gasteiger partial charge in [0.1, 0.15) is 10.7 Å². The zero-order valence-corrected chi connectivity index (χ0v) is 7.69. The lowest BCUT2D eigenvalue weighted by atomic mass is 10.3. The van der Waals surface area contributed by atoms with Crippen molar-refractivity contribution in [2.75, 3.05) is 11.9 Å². The van der Waals surface area contributed by atoms with Gasteiger partial charge < -0.3 is 11.1 Å². The number of rotatable bonds is 3. The Hall–Kier alpha value is -1.16. The van der Waals surface area contributed by atoms with Gasteiger partial charge in [-0.05, 0) is 19.1 Å². The minimum absolute atomic E-state index is 0.326. The fourth-order valence-corrected chi connectivity index (χ4v) is 1.10. The van der Waals surface area contributed by atoms with Crippen molar-refractivity contribution in [1.82, 2.24) is 4.98 Å². The molecular weight excluding hydrogens is 170 g/mol. The maximum atomic E-state index is 5.47. The first-order valence-corrected chi connectivity index (χ1v) is 4.15. The van der Waals surface area contributed by atoms with E-state index in [0.717, 1.165) is 12.2 Å². The summed E-state index contributed by atoms with van der Waals surface area (Å²) in [6.45, 7) is 2.84. The first-order chi connectivity index (χ1) is 5.75. The lowest BCUT2D eigenvalue weighted by molar-refractivity contribution is 1.18. The van der Waals surface area contributed by atoms with Gasteiger partial charge in [-0.15, -0.1) is 0 Å². The van der Waals surface area contributed by atoms with Crippen molar-refractivity contribution in [2.24, 2.45) is 5.73 Å². The summed E-state index contributed by atoms with van der Waals surface area (Å²) in [5, 5.41) is 3.13. The van der Waals surface area contributed by atoms with E-state index in [4.69, 9.17) is 18.0 Å². The van der Waals surface area contributed by atoms with Gasteiger partial charge in [0.2, 0.25) is 0 Å². The number of nitrogens with zero attached hydrogens (tertiary/aromatic N) is 1. The van der Waals surface area contributed by atoms with Crippen molar-refractivity contribution in [1.29, 1.82) is 0 Å². The van der Waals surface area contributed by atoms with Crippen LogP contribution in [0.2, 0.25) is 0 Å². The zero-order chi connectivity index (χ0) is 8.97. The van der Waals surface area contributed by atoms with Crippen LogP contribution < -0.4 is 11.1 Å². The lowest BCUT2D eigenvalue weighted by Crippen LogP contribution is -2.14. The molecule has 0 unspecified atom stereocenters. The van der Waals surface area contributed by atoms with E-state index in [9.17, 15) is 0 Å². The predicted molar refractivity (Wildman–Crippen MR) is 54.3 cm³/mol. The Kier molecular flexibility index (Phi) is 2.99. The molecule has 0 saturated heterocycles. The van der Waals surface area contributed by atoms with Crippen molar-refractivity contribution in [3.63, 3.8) is 0 Å².